The minimum Gasteiger partial charge on any atom is -0.478 e. The Kier molecular flexibility index (Phi) is 4.24. The van der Waals surface area contributed by atoms with E-state index in [1.54, 1.807) is 0 Å². The van der Waals surface area contributed by atoms with Gasteiger partial charge in [-0.3, -0.25) is 9.78 Å². The van der Waals surface area contributed by atoms with Gasteiger partial charge in [-0.25, -0.2) is 9.18 Å². The summed E-state index contributed by atoms with van der Waals surface area (Å²) >= 11 is 0. The highest BCUT2D eigenvalue weighted by Crippen LogP contribution is 2.18. The number of aromatic carboxylic acids is 1. The van der Waals surface area contributed by atoms with Crippen molar-refractivity contribution in [2.24, 2.45) is 5.73 Å². The van der Waals surface area contributed by atoms with Crippen molar-refractivity contribution in [1.82, 2.24) is 4.98 Å². The van der Waals surface area contributed by atoms with Crippen LogP contribution < -0.4 is 11.1 Å². The zero-order valence-electron chi connectivity index (χ0n) is 10.8. The number of carboxylic acid groups (broad SMARTS) is 1. The fraction of sp³-hybridized carbons (Fsp3) is 0.0714. The monoisotopic (exact) mass is 289 g/mol. The summed E-state index contributed by atoms with van der Waals surface area (Å²) in [5, 5.41) is 11.4. The zero-order valence-corrected chi connectivity index (χ0v) is 10.8. The highest BCUT2D eigenvalue weighted by molar-refractivity contribution is 6.07. The highest BCUT2D eigenvalue weighted by Gasteiger charge is 2.14. The number of aromatic nitrogens is 1. The van der Waals surface area contributed by atoms with Crippen molar-refractivity contribution in [3.63, 3.8) is 0 Å². The molecule has 0 radical (unpaired) electrons. The maximum Gasteiger partial charge on any atom is 0.337 e. The van der Waals surface area contributed by atoms with Crippen LogP contribution in [0.4, 0.5) is 10.1 Å². The maximum atomic E-state index is 13.2. The third-order valence-electron chi connectivity index (χ3n) is 2.75. The Hall–Kier alpha value is -2.80. The number of nitrogens with two attached hydrogens (primary N) is 1. The number of benzene rings is 1. The van der Waals surface area contributed by atoms with Crippen LogP contribution in [-0.2, 0) is 6.54 Å². The molecule has 0 aliphatic rings. The molecule has 0 fully saturated rings. The number of anilines is 1. The molecule has 0 unspecified atom stereocenters. The predicted octanol–water partition coefficient (Wildman–Crippen LogP) is 1.63. The van der Waals surface area contributed by atoms with Crippen molar-refractivity contribution in [3.8, 4) is 0 Å². The number of hydrogen-bond donors (Lipinski definition) is 3. The first-order chi connectivity index (χ1) is 10.0. The van der Waals surface area contributed by atoms with E-state index in [0.717, 1.165) is 18.2 Å². The molecule has 6 nitrogen and oxygen atoms in total. The Balaban J connectivity index is 2.30. The van der Waals surface area contributed by atoms with Crippen LogP contribution >= 0.6 is 0 Å². The number of amides is 1. The van der Waals surface area contributed by atoms with E-state index in [1.165, 1.54) is 18.3 Å². The van der Waals surface area contributed by atoms with E-state index in [2.05, 4.69) is 10.3 Å². The van der Waals surface area contributed by atoms with E-state index in [0.29, 0.717) is 5.69 Å². The minimum atomic E-state index is -1.26. The Morgan fingerprint density at radius 2 is 2.05 bits per heavy atom. The summed E-state index contributed by atoms with van der Waals surface area (Å²) in [5.41, 5.74) is 5.89. The largest absolute Gasteiger partial charge is 0.478 e. The molecular formula is C14H12FN3O3. The second kappa shape index (κ2) is 6.10. The van der Waals surface area contributed by atoms with Gasteiger partial charge in [-0.2, -0.15) is 0 Å². The topological polar surface area (TPSA) is 105 Å². The first kappa shape index (κ1) is 14.6. The Labute approximate surface area is 119 Å². The Morgan fingerprint density at radius 1 is 1.29 bits per heavy atom. The van der Waals surface area contributed by atoms with Crippen LogP contribution in [-0.4, -0.2) is 22.0 Å². The van der Waals surface area contributed by atoms with Gasteiger partial charge in [0.2, 0.25) is 0 Å². The molecule has 1 amide bonds. The SMILES string of the molecule is NCc1cc(C(=O)Nc2cc(F)ccc2C(=O)O)ccn1. The van der Waals surface area contributed by atoms with Gasteiger partial charge >= 0.3 is 5.97 Å². The lowest BCUT2D eigenvalue weighted by molar-refractivity contribution is 0.0698. The van der Waals surface area contributed by atoms with Crippen LogP contribution in [0.25, 0.3) is 0 Å². The molecule has 0 saturated carbocycles. The summed E-state index contributed by atoms with van der Waals surface area (Å²) < 4.78 is 13.2. The number of nitrogens with zero attached hydrogens (tertiary/aromatic N) is 1. The standard InChI is InChI=1S/C14H12FN3O3/c15-9-1-2-11(14(20)21)12(6-9)18-13(19)8-3-4-17-10(5-8)7-16/h1-6H,7,16H2,(H,18,19)(H,20,21). The number of pyridine rings is 1. The zero-order chi connectivity index (χ0) is 15.4. The number of rotatable bonds is 4. The molecule has 7 heteroatoms. The van der Waals surface area contributed by atoms with Crippen LogP contribution in [0.15, 0.2) is 36.5 Å². The third kappa shape index (κ3) is 3.40. The Morgan fingerprint density at radius 3 is 2.71 bits per heavy atom. The van der Waals surface area contributed by atoms with E-state index in [4.69, 9.17) is 10.8 Å². The summed E-state index contributed by atoms with van der Waals surface area (Å²) in [6, 6.07) is 5.99. The molecule has 4 N–H and O–H groups in total. The molecule has 21 heavy (non-hydrogen) atoms. The first-order valence-electron chi connectivity index (χ1n) is 6.00. The average molecular weight is 289 g/mol. The van der Waals surface area contributed by atoms with Gasteiger partial charge in [-0.05, 0) is 30.3 Å². The van der Waals surface area contributed by atoms with Gasteiger partial charge in [-0.1, -0.05) is 0 Å². The van der Waals surface area contributed by atoms with Crippen LogP contribution in [0.3, 0.4) is 0 Å². The van der Waals surface area contributed by atoms with Gasteiger partial charge in [0.25, 0.3) is 5.91 Å². The van der Waals surface area contributed by atoms with Crippen LogP contribution in [0.2, 0.25) is 0 Å². The minimum absolute atomic E-state index is 0.112. The first-order valence-corrected chi connectivity index (χ1v) is 6.00. The third-order valence-corrected chi connectivity index (χ3v) is 2.75. The van der Waals surface area contributed by atoms with Crippen LogP contribution in [0.5, 0.6) is 0 Å². The molecule has 0 bridgehead atoms. The molecule has 0 aliphatic carbocycles. The molecule has 1 heterocycles. The molecule has 0 atom stereocenters. The molecule has 0 aliphatic heterocycles. The summed E-state index contributed by atoms with van der Waals surface area (Å²) in [6.45, 7) is 0.168. The molecule has 1 aromatic carbocycles. The van der Waals surface area contributed by atoms with Gasteiger partial charge in [0.15, 0.2) is 0 Å². The van der Waals surface area contributed by atoms with Gasteiger partial charge in [0.05, 0.1) is 16.9 Å². The van der Waals surface area contributed by atoms with Crippen molar-refractivity contribution < 1.29 is 19.1 Å². The van der Waals surface area contributed by atoms with Crippen molar-refractivity contribution in [3.05, 3.63) is 59.2 Å². The van der Waals surface area contributed by atoms with Gasteiger partial charge in [0, 0.05) is 18.3 Å². The number of hydrogen-bond acceptors (Lipinski definition) is 4. The molecule has 2 aromatic rings. The van der Waals surface area contributed by atoms with E-state index >= 15 is 0 Å². The highest BCUT2D eigenvalue weighted by atomic mass is 19.1. The van der Waals surface area contributed by atoms with E-state index in [9.17, 15) is 14.0 Å². The lowest BCUT2D eigenvalue weighted by atomic mass is 10.1. The normalized spacial score (nSPS) is 10.2. The van der Waals surface area contributed by atoms with Gasteiger partial charge < -0.3 is 16.2 Å². The van der Waals surface area contributed by atoms with Crippen LogP contribution in [0, 0.1) is 5.82 Å². The van der Waals surface area contributed by atoms with Gasteiger partial charge in [0.1, 0.15) is 5.82 Å². The fourth-order valence-electron chi connectivity index (χ4n) is 1.73. The maximum absolute atomic E-state index is 13.2. The van der Waals surface area contributed by atoms with E-state index in [-0.39, 0.29) is 23.4 Å². The fourth-order valence-corrected chi connectivity index (χ4v) is 1.73. The molecule has 2 rings (SSSR count). The van der Waals surface area contributed by atoms with Crippen molar-refractivity contribution in [1.29, 1.82) is 0 Å². The molecular weight excluding hydrogens is 277 g/mol. The number of nitrogens with one attached hydrogen (secondary N) is 1. The van der Waals surface area contributed by atoms with Crippen LogP contribution in [0.1, 0.15) is 26.4 Å². The Bertz CT molecular complexity index is 704. The predicted molar refractivity (Wildman–Crippen MR) is 73.4 cm³/mol. The molecule has 1 aromatic heterocycles. The number of carboxylic acids is 1. The average Bonchev–Trinajstić information content (AvgIpc) is 2.47. The van der Waals surface area contributed by atoms with Crippen molar-refractivity contribution >= 4 is 17.6 Å². The summed E-state index contributed by atoms with van der Waals surface area (Å²) in [4.78, 5) is 27.1. The molecule has 0 saturated heterocycles. The van der Waals surface area contributed by atoms with Crippen molar-refractivity contribution in [2.75, 3.05) is 5.32 Å². The smallest absolute Gasteiger partial charge is 0.337 e. The van der Waals surface area contributed by atoms with E-state index < -0.39 is 17.7 Å². The lowest BCUT2D eigenvalue weighted by Crippen LogP contribution is -2.16. The number of halogens is 1. The quantitative estimate of drug-likeness (QED) is 0.793. The second-order valence-electron chi connectivity index (χ2n) is 4.19. The summed E-state index contributed by atoms with van der Waals surface area (Å²) in [6.07, 6.45) is 1.42. The second-order valence-corrected chi connectivity index (χ2v) is 4.19. The number of carbonyl (C=O) groups excluding carboxylic acids is 1. The molecule has 0 spiro atoms. The van der Waals surface area contributed by atoms with E-state index in [1.807, 2.05) is 0 Å². The van der Waals surface area contributed by atoms with Crippen molar-refractivity contribution in [2.45, 2.75) is 6.54 Å². The number of carbonyl (C=O) groups is 2. The summed E-state index contributed by atoms with van der Waals surface area (Å²) in [7, 11) is 0. The van der Waals surface area contributed by atoms with Gasteiger partial charge in [-0.15, -0.1) is 0 Å². The summed E-state index contributed by atoms with van der Waals surface area (Å²) in [5.74, 6) is -2.48. The molecule has 108 valence electrons. The lowest BCUT2D eigenvalue weighted by Gasteiger charge is -2.09.